The Kier molecular flexibility index (Phi) is 4.30. The molecule has 1 aromatic carbocycles. The van der Waals surface area contributed by atoms with Crippen LogP contribution in [0.1, 0.15) is 19.4 Å². The first-order chi connectivity index (χ1) is 7.47. The Morgan fingerprint density at radius 3 is 2.62 bits per heavy atom. The number of nitrogens with one attached hydrogen (secondary N) is 1. The predicted molar refractivity (Wildman–Crippen MR) is 62.7 cm³/mol. The first kappa shape index (κ1) is 13.0. The normalized spacial score (nSPS) is 11.2. The smallest absolute Gasteiger partial charge is 0.227 e. The molecular weight excluding hydrogens is 229 g/mol. The number of amides is 1. The van der Waals surface area contributed by atoms with Crippen LogP contribution in [0.5, 0.6) is 0 Å². The van der Waals surface area contributed by atoms with E-state index in [1.807, 2.05) is 0 Å². The lowest BCUT2D eigenvalue weighted by molar-refractivity contribution is -0.128. The average Bonchev–Trinajstić information content (AvgIpc) is 2.27. The molecule has 0 aliphatic rings. The zero-order valence-electron chi connectivity index (χ0n) is 9.39. The molecule has 0 radical (unpaired) electrons. The van der Waals surface area contributed by atoms with Gasteiger partial charge in [-0.2, -0.15) is 0 Å². The molecule has 4 heteroatoms. The van der Waals surface area contributed by atoms with Crippen molar-refractivity contribution in [1.29, 1.82) is 0 Å². The summed E-state index contributed by atoms with van der Waals surface area (Å²) in [6.07, 6.45) is 0. The maximum Gasteiger partial charge on any atom is 0.227 e. The summed E-state index contributed by atoms with van der Waals surface area (Å²) >= 11 is 5.67. The second-order valence-corrected chi connectivity index (χ2v) is 4.56. The summed E-state index contributed by atoms with van der Waals surface area (Å²) in [5, 5.41) is 2.67. The lowest BCUT2D eigenvalue weighted by Gasteiger charge is -2.20. The van der Waals surface area contributed by atoms with Gasteiger partial charge in [-0.3, -0.25) is 4.79 Å². The number of carbonyl (C=O) groups is 1. The summed E-state index contributed by atoms with van der Waals surface area (Å²) < 4.78 is 13.2. The Balaban J connectivity index is 2.59. The maximum absolute atomic E-state index is 13.2. The van der Waals surface area contributed by atoms with Gasteiger partial charge in [-0.15, -0.1) is 11.6 Å². The molecule has 0 atom stereocenters. The minimum Gasteiger partial charge on any atom is -0.351 e. The molecule has 0 bridgehead atoms. The van der Waals surface area contributed by atoms with Crippen molar-refractivity contribution in [2.45, 2.75) is 20.4 Å². The SMILES string of the molecule is CC(C)(CCl)C(=O)NCc1ccccc1F. The first-order valence-corrected chi connectivity index (χ1v) is 5.58. The lowest BCUT2D eigenvalue weighted by atomic mass is 9.95. The van der Waals surface area contributed by atoms with E-state index in [-0.39, 0.29) is 24.1 Å². The van der Waals surface area contributed by atoms with Gasteiger partial charge in [0.15, 0.2) is 0 Å². The fourth-order valence-electron chi connectivity index (χ4n) is 1.12. The van der Waals surface area contributed by atoms with Crippen molar-refractivity contribution in [3.8, 4) is 0 Å². The van der Waals surface area contributed by atoms with Crippen LogP contribution in [0.25, 0.3) is 0 Å². The highest BCUT2D eigenvalue weighted by Crippen LogP contribution is 2.17. The highest BCUT2D eigenvalue weighted by molar-refractivity contribution is 6.19. The highest BCUT2D eigenvalue weighted by Gasteiger charge is 2.26. The summed E-state index contributed by atoms with van der Waals surface area (Å²) in [7, 11) is 0. The van der Waals surface area contributed by atoms with Crippen molar-refractivity contribution in [3.63, 3.8) is 0 Å². The molecule has 1 N–H and O–H groups in total. The fourth-order valence-corrected chi connectivity index (χ4v) is 1.24. The number of benzene rings is 1. The molecule has 0 saturated heterocycles. The highest BCUT2D eigenvalue weighted by atomic mass is 35.5. The van der Waals surface area contributed by atoms with Crippen molar-refractivity contribution >= 4 is 17.5 Å². The minimum absolute atomic E-state index is 0.175. The Labute approximate surface area is 99.8 Å². The second-order valence-electron chi connectivity index (χ2n) is 4.29. The van der Waals surface area contributed by atoms with Crippen molar-refractivity contribution < 1.29 is 9.18 Å². The van der Waals surface area contributed by atoms with Gasteiger partial charge in [0.05, 0.1) is 5.41 Å². The summed E-state index contributed by atoms with van der Waals surface area (Å²) in [5.74, 6) is -0.256. The predicted octanol–water partition coefficient (Wildman–Crippen LogP) is 2.71. The van der Waals surface area contributed by atoms with Crippen molar-refractivity contribution in [2.75, 3.05) is 5.88 Å². The summed E-state index contributed by atoms with van der Waals surface area (Å²) in [6, 6.07) is 6.36. The van der Waals surface area contributed by atoms with Gasteiger partial charge in [-0.25, -0.2) is 4.39 Å². The molecule has 0 spiro atoms. The van der Waals surface area contributed by atoms with E-state index in [2.05, 4.69) is 5.32 Å². The van der Waals surface area contributed by atoms with Gasteiger partial charge < -0.3 is 5.32 Å². The lowest BCUT2D eigenvalue weighted by Crippen LogP contribution is -2.37. The summed E-state index contributed by atoms with van der Waals surface area (Å²) in [5.41, 5.74) is -0.159. The third-order valence-electron chi connectivity index (χ3n) is 2.35. The van der Waals surface area contributed by atoms with Crippen molar-refractivity contribution in [1.82, 2.24) is 5.32 Å². The Morgan fingerprint density at radius 2 is 2.06 bits per heavy atom. The van der Waals surface area contributed by atoms with Crippen molar-refractivity contribution in [3.05, 3.63) is 35.6 Å². The molecule has 0 aromatic heterocycles. The third-order valence-corrected chi connectivity index (χ3v) is 3.01. The molecule has 1 aromatic rings. The molecule has 16 heavy (non-hydrogen) atoms. The van der Waals surface area contributed by atoms with Gasteiger partial charge in [0.25, 0.3) is 0 Å². The molecule has 2 nitrogen and oxygen atoms in total. The number of carbonyl (C=O) groups excluding carboxylic acids is 1. The van der Waals surface area contributed by atoms with Crippen LogP contribution in [0.3, 0.4) is 0 Å². The summed E-state index contributed by atoms with van der Waals surface area (Å²) in [6.45, 7) is 3.68. The first-order valence-electron chi connectivity index (χ1n) is 5.05. The summed E-state index contributed by atoms with van der Waals surface area (Å²) in [4.78, 5) is 11.7. The number of halogens is 2. The Morgan fingerprint density at radius 1 is 1.44 bits per heavy atom. The standard InChI is InChI=1S/C12H15ClFNO/c1-12(2,8-13)11(16)15-7-9-5-3-4-6-10(9)14/h3-6H,7-8H2,1-2H3,(H,15,16). The Hall–Kier alpha value is -1.09. The van der Waals surface area contributed by atoms with E-state index < -0.39 is 5.41 Å². The zero-order chi connectivity index (χ0) is 12.2. The number of rotatable bonds is 4. The van der Waals surface area contributed by atoms with E-state index in [1.54, 1.807) is 32.0 Å². The van der Waals surface area contributed by atoms with E-state index in [1.165, 1.54) is 6.07 Å². The van der Waals surface area contributed by atoms with Crippen LogP contribution in [0.4, 0.5) is 4.39 Å². The molecule has 1 amide bonds. The van der Waals surface area contributed by atoms with Gasteiger partial charge >= 0.3 is 0 Å². The Bertz CT molecular complexity index is 379. The van der Waals surface area contributed by atoms with E-state index in [0.29, 0.717) is 5.56 Å². The molecule has 1 rings (SSSR count). The molecule has 0 aliphatic heterocycles. The van der Waals surface area contributed by atoms with Gasteiger partial charge in [-0.1, -0.05) is 18.2 Å². The minimum atomic E-state index is -0.632. The average molecular weight is 244 g/mol. The fraction of sp³-hybridized carbons (Fsp3) is 0.417. The van der Waals surface area contributed by atoms with E-state index in [0.717, 1.165) is 0 Å². The largest absolute Gasteiger partial charge is 0.351 e. The third kappa shape index (κ3) is 3.20. The zero-order valence-corrected chi connectivity index (χ0v) is 10.1. The molecule has 0 saturated carbocycles. The second kappa shape index (κ2) is 5.30. The quantitative estimate of drug-likeness (QED) is 0.810. The molecule has 0 aliphatic carbocycles. The van der Waals surface area contributed by atoms with Crippen molar-refractivity contribution in [2.24, 2.45) is 5.41 Å². The molecule has 88 valence electrons. The van der Waals surface area contributed by atoms with Gasteiger partial charge in [0, 0.05) is 18.0 Å². The van der Waals surface area contributed by atoms with E-state index in [9.17, 15) is 9.18 Å². The van der Waals surface area contributed by atoms with Crippen LogP contribution in [0, 0.1) is 11.2 Å². The van der Waals surface area contributed by atoms with Gasteiger partial charge in [-0.05, 0) is 19.9 Å². The number of alkyl halides is 1. The van der Waals surface area contributed by atoms with Crippen LogP contribution in [-0.4, -0.2) is 11.8 Å². The molecule has 0 heterocycles. The molecule has 0 unspecified atom stereocenters. The molecular formula is C12H15ClFNO. The monoisotopic (exact) mass is 243 g/mol. The van der Waals surface area contributed by atoms with Crippen LogP contribution >= 0.6 is 11.6 Å². The molecule has 0 fully saturated rings. The topological polar surface area (TPSA) is 29.1 Å². The number of hydrogen-bond acceptors (Lipinski definition) is 1. The number of hydrogen-bond donors (Lipinski definition) is 1. The van der Waals surface area contributed by atoms with Gasteiger partial charge in [0.1, 0.15) is 5.82 Å². The maximum atomic E-state index is 13.2. The van der Waals surface area contributed by atoms with Gasteiger partial charge in [0.2, 0.25) is 5.91 Å². The van der Waals surface area contributed by atoms with Crippen LogP contribution in [-0.2, 0) is 11.3 Å². The van der Waals surface area contributed by atoms with Crippen LogP contribution in [0.2, 0.25) is 0 Å². The van der Waals surface area contributed by atoms with Crippen LogP contribution in [0.15, 0.2) is 24.3 Å². The van der Waals surface area contributed by atoms with E-state index >= 15 is 0 Å². The van der Waals surface area contributed by atoms with E-state index in [4.69, 9.17) is 11.6 Å². The van der Waals surface area contributed by atoms with Crippen LogP contribution < -0.4 is 5.32 Å².